The lowest BCUT2D eigenvalue weighted by Crippen LogP contribution is -2.35. The summed E-state index contributed by atoms with van der Waals surface area (Å²) in [6.07, 6.45) is -0.214. The Kier molecular flexibility index (Phi) is 9.23. The minimum Gasteiger partial charge on any atom is -0.388 e. The first-order valence-electron chi connectivity index (χ1n) is 5.03. The molecule has 5 heteroatoms. The highest BCUT2D eigenvalue weighted by Crippen LogP contribution is 2.04. The molecule has 0 saturated heterocycles. The highest BCUT2D eigenvalue weighted by molar-refractivity contribution is 4.69. The van der Waals surface area contributed by atoms with Gasteiger partial charge in [-0.1, -0.05) is 0 Å². The molecular weight excluding hydrogens is 184 g/mol. The molecule has 14 heavy (non-hydrogen) atoms. The van der Waals surface area contributed by atoms with Crippen molar-refractivity contribution in [1.82, 2.24) is 0 Å². The lowest BCUT2D eigenvalue weighted by Gasteiger charge is -2.22. The van der Waals surface area contributed by atoms with Crippen molar-refractivity contribution in [3.8, 4) is 0 Å². The molecule has 86 valence electrons. The van der Waals surface area contributed by atoms with Crippen molar-refractivity contribution in [2.45, 2.75) is 25.6 Å². The van der Waals surface area contributed by atoms with Crippen molar-refractivity contribution < 1.29 is 14.6 Å². The summed E-state index contributed by atoms with van der Waals surface area (Å²) in [5.74, 6) is 0. The number of nitrogens with two attached hydrogens (primary N) is 2. The summed E-state index contributed by atoms with van der Waals surface area (Å²) in [5, 5.41) is 9.65. The third-order valence-corrected chi connectivity index (χ3v) is 1.81. The average Bonchev–Trinajstić information content (AvgIpc) is 2.18. The molecule has 5 N–H and O–H groups in total. The molecule has 2 unspecified atom stereocenters. The van der Waals surface area contributed by atoms with Gasteiger partial charge >= 0.3 is 0 Å². The zero-order chi connectivity index (χ0) is 10.8. The van der Waals surface area contributed by atoms with Gasteiger partial charge in [-0.25, -0.2) is 0 Å². The van der Waals surface area contributed by atoms with Gasteiger partial charge in [0.1, 0.15) is 6.10 Å². The van der Waals surface area contributed by atoms with Crippen molar-refractivity contribution >= 4 is 0 Å². The Balaban J connectivity index is 3.69. The summed E-state index contributed by atoms with van der Waals surface area (Å²) < 4.78 is 10.5. The Morgan fingerprint density at radius 2 is 2.00 bits per heavy atom. The molecule has 0 aromatic carbocycles. The molecule has 0 fully saturated rings. The predicted octanol–water partition coefficient (Wildman–Crippen LogP) is -0.923. The second-order valence-electron chi connectivity index (χ2n) is 3.00. The van der Waals surface area contributed by atoms with Crippen LogP contribution in [0.15, 0.2) is 0 Å². The third kappa shape index (κ3) is 6.28. The van der Waals surface area contributed by atoms with Crippen LogP contribution in [0.4, 0.5) is 0 Å². The first kappa shape index (κ1) is 13.8. The number of hydrogen-bond donors (Lipinski definition) is 3. The van der Waals surface area contributed by atoms with Crippen molar-refractivity contribution in [1.29, 1.82) is 0 Å². The largest absolute Gasteiger partial charge is 0.388 e. The maximum absolute atomic E-state index is 9.65. The molecule has 0 aliphatic rings. The van der Waals surface area contributed by atoms with Gasteiger partial charge in [0.2, 0.25) is 0 Å². The first-order chi connectivity index (χ1) is 6.76. The minimum atomic E-state index is -0.620. The third-order valence-electron chi connectivity index (χ3n) is 1.81. The maximum Gasteiger partial charge on any atom is 0.103 e. The highest BCUT2D eigenvalue weighted by atomic mass is 16.5. The lowest BCUT2D eigenvalue weighted by molar-refractivity contribution is -0.0698. The first-order valence-corrected chi connectivity index (χ1v) is 5.03. The van der Waals surface area contributed by atoms with Crippen molar-refractivity contribution in [3.05, 3.63) is 0 Å². The van der Waals surface area contributed by atoms with Crippen molar-refractivity contribution in [2.24, 2.45) is 11.5 Å². The molecule has 0 heterocycles. The summed E-state index contributed by atoms with van der Waals surface area (Å²) in [6, 6.07) is 0. The molecule has 0 aromatic heterocycles. The summed E-state index contributed by atoms with van der Waals surface area (Å²) >= 11 is 0. The van der Waals surface area contributed by atoms with E-state index in [1.807, 2.05) is 6.92 Å². The zero-order valence-electron chi connectivity index (χ0n) is 8.82. The second-order valence-corrected chi connectivity index (χ2v) is 3.00. The molecule has 2 atom stereocenters. The topological polar surface area (TPSA) is 90.7 Å². The fourth-order valence-electron chi connectivity index (χ4n) is 1.16. The molecule has 0 rings (SSSR count). The van der Waals surface area contributed by atoms with Crippen LogP contribution in [0.3, 0.4) is 0 Å². The van der Waals surface area contributed by atoms with Gasteiger partial charge < -0.3 is 26.0 Å². The van der Waals surface area contributed by atoms with Gasteiger partial charge in [-0.3, -0.25) is 0 Å². The summed E-state index contributed by atoms with van der Waals surface area (Å²) in [6.45, 7) is 4.12. The zero-order valence-corrected chi connectivity index (χ0v) is 8.82. The van der Waals surface area contributed by atoms with Crippen LogP contribution in [-0.2, 0) is 9.47 Å². The SMILES string of the molecule is CCOC(CCN)C(O)COCCN. The number of aliphatic hydroxyl groups is 1. The smallest absolute Gasteiger partial charge is 0.103 e. The molecule has 0 aliphatic carbocycles. The van der Waals surface area contributed by atoms with Gasteiger partial charge in [-0.05, 0) is 19.9 Å². The van der Waals surface area contributed by atoms with Gasteiger partial charge in [0.05, 0.1) is 19.3 Å². The molecule has 0 bridgehead atoms. The van der Waals surface area contributed by atoms with E-state index in [1.165, 1.54) is 0 Å². The van der Waals surface area contributed by atoms with Crippen LogP contribution in [0, 0.1) is 0 Å². The Hall–Kier alpha value is -0.200. The normalized spacial score (nSPS) is 15.4. The Morgan fingerprint density at radius 3 is 2.50 bits per heavy atom. The number of hydrogen-bond acceptors (Lipinski definition) is 5. The quantitative estimate of drug-likeness (QED) is 0.424. The Labute approximate surface area is 85.4 Å². The van der Waals surface area contributed by atoms with E-state index >= 15 is 0 Å². The minimum absolute atomic E-state index is 0.234. The fourth-order valence-corrected chi connectivity index (χ4v) is 1.16. The van der Waals surface area contributed by atoms with Gasteiger partial charge in [0.25, 0.3) is 0 Å². The summed E-state index contributed by atoms with van der Waals surface area (Å²) in [4.78, 5) is 0. The van der Waals surface area contributed by atoms with Crippen LogP contribution in [0.25, 0.3) is 0 Å². The van der Waals surface area contributed by atoms with E-state index in [0.717, 1.165) is 0 Å². The Morgan fingerprint density at radius 1 is 1.29 bits per heavy atom. The lowest BCUT2D eigenvalue weighted by atomic mass is 10.1. The van der Waals surface area contributed by atoms with Gasteiger partial charge in [0.15, 0.2) is 0 Å². The molecule has 0 saturated carbocycles. The molecule has 0 radical (unpaired) electrons. The molecule has 0 amide bonds. The van der Waals surface area contributed by atoms with Crippen molar-refractivity contribution in [2.75, 3.05) is 32.9 Å². The van der Waals surface area contributed by atoms with E-state index in [0.29, 0.717) is 32.7 Å². The van der Waals surface area contributed by atoms with E-state index in [9.17, 15) is 5.11 Å². The van der Waals surface area contributed by atoms with Crippen LogP contribution < -0.4 is 11.5 Å². The highest BCUT2D eigenvalue weighted by Gasteiger charge is 2.18. The van der Waals surface area contributed by atoms with E-state index in [4.69, 9.17) is 20.9 Å². The molecule has 0 aliphatic heterocycles. The monoisotopic (exact) mass is 206 g/mol. The van der Waals surface area contributed by atoms with Gasteiger partial charge in [0, 0.05) is 13.2 Å². The standard InChI is InChI=1S/C9H22N2O3/c1-2-14-9(3-4-10)8(12)7-13-6-5-11/h8-9,12H,2-7,10-11H2,1H3. The molecular formula is C9H22N2O3. The fraction of sp³-hybridized carbons (Fsp3) is 1.00. The van der Waals surface area contributed by atoms with Crippen LogP contribution >= 0.6 is 0 Å². The predicted molar refractivity (Wildman–Crippen MR) is 55.0 cm³/mol. The van der Waals surface area contributed by atoms with Crippen LogP contribution in [-0.4, -0.2) is 50.2 Å². The molecule has 5 nitrogen and oxygen atoms in total. The summed E-state index contributed by atoms with van der Waals surface area (Å²) in [5.41, 5.74) is 10.7. The van der Waals surface area contributed by atoms with E-state index in [1.54, 1.807) is 0 Å². The van der Waals surface area contributed by atoms with E-state index < -0.39 is 6.10 Å². The van der Waals surface area contributed by atoms with Crippen LogP contribution in [0.2, 0.25) is 0 Å². The number of aliphatic hydroxyl groups excluding tert-OH is 1. The second kappa shape index (κ2) is 9.36. The van der Waals surface area contributed by atoms with Gasteiger partial charge in [-0.2, -0.15) is 0 Å². The van der Waals surface area contributed by atoms with E-state index in [-0.39, 0.29) is 12.7 Å². The Bertz CT molecular complexity index is 119. The van der Waals surface area contributed by atoms with Crippen molar-refractivity contribution in [3.63, 3.8) is 0 Å². The molecule has 0 aromatic rings. The van der Waals surface area contributed by atoms with Crippen LogP contribution in [0.1, 0.15) is 13.3 Å². The van der Waals surface area contributed by atoms with E-state index in [2.05, 4.69) is 0 Å². The van der Waals surface area contributed by atoms with Crippen LogP contribution in [0.5, 0.6) is 0 Å². The average molecular weight is 206 g/mol. The summed E-state index contributed by atoms with van der Waals surface area (Å²) in [7, 11) is 0. The number of rotatable bonds is 9. The number of ether oxygens (including phenoxy) is 2. The van der Waals surface area contributed by atoms with Gasteiger partial charge in [-0.15, -0.1) is 0 Å². The molecule has 0 spiro atoms. The maximum atomic E-state index is 9.65.